The van der Waals surface area contributed by atoms with E-state index in [1.165, 1.54) is 9.60 Å². The first kappa shape index (κ1) is 18.1. The van der Waals surface area contributed by atoms with Gasteiger partial charge in [-0.3, -0.25) is 9.59 Å². The number of fused-ring (bicyclic) bond motifs is 1. The van der Waals surface area contributed by atoms with Crippen molar-refractivity contribution in [3.8, 4) is 0 Å². The normalized spacial score (nSPS) is 10.7. The van der Waals surface area contributed by atoms with Gasteiger partial charge in [0.25, 0.3) is 5.91 Å². The molecule has 0 bridgehead atoms. The Morgan fingerprint density at radius 3 is 2.50 bits per heavy atom. The van der Waals surface area contributed by atoms with E-state index in [-0.39, 0.29) is 11.8 Å². The molecule has 26 heavy (non-hydrogen) atoms. The number of hydrogen-bond acceptors (Lipinski definition) is 4. The second-order valence-corrected chi connectivity index (χ2v) is 7.37. The van der Waals surface area contributed by atoms with Crippen LogP contribution in [-0.4, -0.2) is 35.8 Å². The summed E-state index contributed by atoms with van der Waals surface area (Å²) in [4.78, 5) is 30.1. The first-order valence-electron chi connectivity index (χ1n) is 8.49. The third-order valence-electron chi connectivity index (χ3n) is 3.95. The number of benzene rings is 2. The molecule has 0 aliphatic rings. The molecular weight excluding hydrogens is 346 g/mol. The van der Waals surface area contributed by atoms with Crippen LogP contribution in [0.2, 0.25) is 0 Å². The Morgan fingerprint density at radius 2 is 1.81 bits per heavy atom. The minimum absolute atomic E-state index is 0.0298. The number of amides is 2. The van der Waals surface area contributed by atoms with Crippen LogP contribution in [0.15, 0.2) is 48.5 Å². The third kappa shape index (κ3) is 4.46. The molecule has 3 aromatic rings. The number of para-hydroxylation sites is 1. The first-order valence-corrected chi connectivity index (χ1v) is 9.30. The van der Waals surface area contributed by atoms with E-state index in [2.05, 4.69) is 16.4 Å². The lowest BCUT2D eigenvalue weighted by molar-refractivity contribution is -0.116. The van der Waals surface area contributed by atoms with Crippen LogP contribution in [0.5, 0.6) is 0 Å². The topological polar surface area (TPSA) is 62.3 Å². The lowest BCUT2D eigenvalue weighted by Gasteiger charge is -2.11. The summed E-state index contributed by atoms with van der Waals surface area (Å²) in [6.45, 7) is 0. The van der Waals surface area contributed by atoms with Crippen molar-refractivity contribution in [3.63, 3.8) is 0 Å². The summed E-state index contributed by atoms with van der Waals surface area (Å²) in [5, 5.41) is 3.93. The van der Waals surface area contributed by atoms with Gasteiger partial charge in [0.2, 0.25) is 5.91 Å². The van der Waals surface area contributed by atoms with Crippen LogP contribution in [0.4, 0.5) is 5.69 Å². The van der Waals surface area contributed by atoms with E-state index in [4.69, 9.17) is 0 Å². The van der Waals surface area contributed by atoms with Gasteiger partial charge in [-0.15, -0.1) is 11.3 Å². The molecule has 1 heterocycles. The van der Waals surface area contributed by atoms with Crippen LogP contribution in [0.25, 0.3) is 10.2 Å². The summed E-state index contributed by atoms with van der Waals surface area (Å²) in [5.74, 6) is -0.0866. The van der Waals surface area contributed by atoms with Crippen LogP contribution >= 0.6 is 11.3 Å². The van der Waals surface area contributed by atoms with Gasteiger partial charge in [0.05, 0.1) is 15.2 Å². The van der Waals surface area contributed by atoms with Crippen molar-refractivity contribution in [3.05, 3.63) is 59.1 Å². The number of carbonyl (C=O) groups is 2. The Balaban J connectivity index is 1.48. The smallest absolute Gasteiger partial charge is 0.253 e. The van der Waals surface area contributed by atoms with Gasteiger partial charge in [0, 0.05) is 31.8 Å². The number of rotatable bonds is 6. The van der Waals surface area contributed by atoms with Crippen LogP contribution in [0, 0.1) is 0 Å². The highest BCUT2D eigenvalue weighted by Crippen LogP contribution is 2.22. The fourth-order valence-electron chi connectivity index (χ4n) is 2.60. The van der Waals surface area contributed by atoms with Gasteiger partial charge < -0.3 is 10.2 Å². The molecular formula is C20H21N3O2S. The van der Waals surface area contributed by atoms with Crippen molar-refractivity contribution >= 4 is 39.1 Å². The fourth-order valence-corrected chi connectivity index (χ4v) is 3.61. The van der Waals surface area contributed by atoms with Crippen molar-refractivity contribution in [2.24, 2.45) is 0 Å². The van der Waals surface area contributed by atoms with E-state index in [1.807, 2.05) is 18.2 Å². The Kier molecular flexibility index (Phi) is 5.63. The van der Waals surface area contributed by atoms with Gasteiger partial charge in [-0.1, -0.05) is 12.1 Å². The van der Waals surface area contributed by atoms with Crippen LogP contribution in [-0.2, 0) is 11.2 Å². The summed E-state index contributed by atoms with van der Waals surface area (Å²) in [7, 11) is 3.42. The Hall–Kier alpha value is -2.73. The highest BCUT2D eigenvalue weighted by molar-refractivity contribution is 7.18. The third-order valence-corrected chi connectivity index (χ3v) is 5.05. The Morgan fingerprint density at radius 1 is 1.08 bits per heavy atom. The van der Waals surface area contributed by atoms with Gasteiger partial charge in [-0.05, 0) is 49.2 Å². The molecule has 0 saturated heterocycles. The molecule has 0 unspecified atom stereocenters. The first-order chi connectivity index (χ1) is 12.5. The SMILES string of the molecule is CN(C)C(=O)c1ccc(NC(=O)CCCc2nc3ccccc3s2)cc1. The lowest BCUT2D eigenvalue weighted by Crippen LogP contribution is -2.21. The molecule has 6 heteroatoms. The number of aromatic nitrogens is 1. The van der Waals surface area contributed by atoms with Crippen molar-refractivity contribution < 1.29 is 9.59 Å². The highest BCUT2D eigenvalue weighted by atomic mass is 32.1. The minimum Gasteiger partial charge on any atom is -0.345 e. The van der Waals surface area contributed by atoms with Crippen molar-refractivity contribution in [1.29, 1.82) is 0 Å². The van der Waals surface area contributed by atoms with Gasteiger partial charge in [-0.25, -0.2) is 4.98 Å². The summed E-state index contributed by atoms with van der Waals surface area (Å²) in [6.07, 6.45) is 1.99. The number of aryl methyl sites for hydroxylation is 1. The zero-order chi connectivity index (χ0) is 18.5. The molecule has 0 aliphatic heterocycles. The maximum Gasteiger partial charge on any atom is 0.253 e. The number of nitrogens with one attached hydrogen (secondary N) is 1. The molecule has 1 aromatic heterocycles. The number of carbonyl (C=O) groups excluding carboxylic acids is 2. The van der Waals surface area contributed by atoms with E-state index < -0.39 is 0 Å². The van der Waals surface area contributed by atoms with E-state index in [0.717, 1.165) is 23.4 Å². The molecule has 1 N–H and O–H groups in total. The molecule has 0 radical (unpaired) electrons. The molecule has 0 fully saturated rings. The quantitative estimate of drug-likeness (QED) is 0.717. The summed E-state index contributed by atoms with van der Waals surface area (Å²) in [6, 6.07) is 15.0. The van der Waals surface area contributed by atoms with Crippen molar-refractivity contribution in [2.45, 2.75) is 19.3 Å². The molecule has 2 amide bonds. The number of hydrogen-bond donors (Lipinski definition) is 1. The van der Waals surface area contributed by atoms with Crippen LogP contribution < -0.4 is 5.32 Å². The van der Waals surface area contributed by atoms with Gasteiger partial charge in [0.1, 0.15) is 0 Å². The predicted molar refractivity (Wildman–Crippen MR) is 106 cm³/mol. The van der Waals surface area contributed by atoms with Crippen molar-refractivity contribution in [1.82, 2.24) is 9.88 Å². The van der Waals surface area contributed by atoms with Crippen molar-refractivity contribution in [2.75, 3.05) is 19.4 Å². The monoisotopic (exact) mass is 367 g/mol. The number of nitrogens with zero attached hydrogens (tertiary/aromatic N) is 2. The minimum atomic E-state index is -0.0567. The van der Waals surface area contributed by atoms with E-state index in [9.17, 15) is 9.59 Å². The standard InChI is InChI=1S/C20H21N3O2S/c1-23(2)20(25)14-10-12-15(13-11-14)21-18(24)8-5-9-19-22-16-6-3-4-7-17(16)26-19/h3-4,6-7,10-13H,5,8-9H2,1-2H3,(H,21,24). The maximum atomic E-state index is 12.1. The highest BCUT2D eigenvalue weighted by Gasteiger charge is 2.09. The van der Waals surface area contributed by atoms with Gasteiger partial charge in [-0.2, -0.15) is 0 Å². The number of anilines is 1. The van der Waals surface area contributed by atoms with Gasteiger partial charge in [0.15, 0.2) is 0 Å². The van der Waals surface area contributed by atoms with Gasteiger partial charge >= 0.3 is 0 Å². The Labute approximate surface area is 156 Å². The summed E-state index contributed by atoms with van der Waals surface area (Å²) >= 11 is 1.68. The van der Waals surface area contributed by atoms with Crippen LogP contribution in [0.1, 0.15) is 28.2 Å². The van der Waals surface area contributed by atoms with E-state index in [0.29, 0.717) is 17.7 Å². The molecule has 0 aliphatic carbocycles. The summed E-state index contributed by atoms with van der Waals surface area (Å²) in [5.41, 5.74) is 2.32. The maximum absolute atomic E-state index is 12.1. The van der Waals surface area contributed by atoms with Crippen LogP contribution in [0.3, 0.4) is 0 Å². The fraction of sp³-hybridized carbons (Fsp3) is 0.250. The molecule has 3 rings (SSSR count). The zero-order valence-electron chi connectivity index (χ0n) is 14.9. The molecule has 2 aromatic carbocycles. The molecule has 0 spiro atoms. The molecule has 134 valence electrons. The lowest BCUT2D eigenvalue weighted by atomic mass is 10.2. The average Bonchev–Trinajstić information content (AvgIpc) is 3.04. The van der Waals surface area contributed by atoms with E-state index >= 15 is 0 Å². The molecule has 0 atom stereocenters. The Bertz CT molecular complexity index is 883. The number of thiazole rings is 1. The average molecular weight is 367 g/mol. The predicted octanol–water partition coefficient (Wildman–Crippen LogP) is 3.96. The van der Waals surface area contributed by atoms with E-state index in [1.54, 1.807) is 49.7 Å². The largest absolute Gasteiger partial charge is 0.345 e. The second kappa shape index (κ2) is 8.10. The molecule has 0 saturated carbocycles. The molecule has 5 nitrogen and oxygen atoms in total. The second-order valence-electron chi connectivity index (χ2n) is 6.25. The zero-order valence-corrected chi connectivity index (χ0v) is 15.7. The summed E-state index contributed by atoms with van der Waals surface area (Å²) < 4.78 is 1.18.